The highest BCUT2D eigenvalue weighted by atomic mass is 16.5. The van der Waals surface area contributed by atoms with Crippen LogP contribution < -0.4 is 5.32 Å². The number of aryl methyl sites for hydroxylation is 2. The Balaban J connectivity index is 1.42. The number of hydrogen-bond acceptors (Lipinski definition) is 4. The highest BCUT2D eigenvalue weighted by Crippen LogP contribution is 2.14. The summed E-state index contributed by atoms with van der Waals surface area (Å²) in [5.74, 6) is -0.714. The summed E-state index contributed by atoms with van der Waals surface area (Å²) < 4.78 is 5.17. The van der Waals surface area contributed by atoms with Crippen LogP contribution in [0.2, 0.25) is 0 Å². The Morgan fingerprint density at radius 2 is 1.81 bits per heavy atom. The predicted molar refractivity (Wildman–Crippen MR) is 104 cm³/mol. The molecule has 5 heteroatoms. The fourth-order valence-electron chi connectivity index (χ4n) is 3.51. The number of ether oxygens (including phenoxy) is 1. The second kappa shape index (κ2) is 8.82. The molecule has 1 N–H and O–H groups in total. The number of likely N-dealkylation sites (tertiary alicyclic amines) is 1. The lowest BCUT2D eigenvalue weighted by Crippen LogP contribution is -2.39. The molecular formula is C22H26N2O3. The maximum atomic E-state index is 12.1. The van der Waals surface area contributed by atoms with E-state index in [9.17, 15) is 9.59 Å². The summed E-state index contributed by atoms with van der Waals surface area (Å²) in [6.45, 7) is 6.25. The van der Waals surface area contributed by atoms with Crippen molar-refractivity contribution in [1.82, 2.24) is 10.2 Å². The van der Waals surface area contributed by atoms with Crippen LogP contribution in [-0.2, 0) is 16.1 Å². The standard InChI is InChI=1S/C22H26N2O3/c1-16-10-17(2)12-19(11-16)22(26)27-15-21(25)23-20-8-9-24(14-20)13-18-6-4-3-5-7-18/h3-7,10-12,20H,8-9,13-15H2,1-2H3,(H,23,25). The average Bonchev–Trinajstić information content (AvgIpc) is 3.06. The molecule has 0 bridgehead atoms. The van der Waals surface area contributed by atoms with E-state index in [1.807, 2.05) is 38.1 Å². The summed E-state index contributed by atoms with van der Waals surface area (Å²) in [4.78, 5) is 26.6. The molecule has 0 saturated carbocycles. The molecule has 1 atom stereocenters. The van der Waals surface area contributed by atoms with Crippen molar-refractivity contribution in [1.29, 1.82) is 0 Å². The minimum atomic E-state index is -0.464. The van der Waals surface area contributed by atoms with Gasteiger partial charge in [-0.1, -0.05) is 47.5 Å². The van der Waals surface area contributed by atoms with Gasteiger partial charge in [-0.15, -0.1) is 0 Å². The van der Waals surface area contributed by atoms with Gasteiger partial charge in [0.25, 0.3) is 5.91 Å². The van der Waals surface area contributed by atoms with Gasteiger partial charge in [0.05, 0.1) is 5.56 Å². The van der Waals surface area contributed by atoms with Crippen LogP contribution in [0.3, 0.4) is 0 Å². The fraction of sp³-hybridized carbons (Fsp3) is 0.364. The first kappa shape index (κ1) is 19.1. The highest BCUT2D eigenvalue weighted by molar-refractivity contribution is 5.91. The molecule has 2 aromatic carbocycles. The van der Waals surface area contributed by atoms with Crippen molar-refractivity contribution in [2.24, 2.45) is 0 Å². The van der Waals surface area contributed by atoms with Gasteiger partial charge in [-0.2, -0.15) is 0 Å². The van der Waals surface area contributed by atoms with Crippen molar-refractivity contribution < 1.29 is 14.3 Å². The monoisotopic (exact) mass is 366 g/mol. The second-order valence-electron chi connectivity index (χ2n) is 7.23. The molecule has 1 amide bonds. The number of hydrogen-bond donors (Lipinski definition) is 1. The molecule has 1 aliphatic rings. The third-order valence-electron chi connectivity index (χ3n) is 4.68. The molecule has 0 aliphatic carbocycles. The Hall–Kier alpha value is -2.66. The van der Waals surface area contributed by atoms with Gasteiger partial charge in [-0.25, -0.2) is 4.79 Å². The van der Waals surface area contributed by atoms with Crippen LogP contribution in [0.15, 0.2) is 48.5 Å². The lowest BCUT2D eigenvalue weighted by molar-refractivity contribution is -0.124. The average molecular weight is 366 g/mol. The van der Waals surface area contributed by atoms with E-state index in [1.54, 1.807) is 12.1 Å². The smallest absolute Gasteiger partial charge is 0.338 e. The summed E-state index contributed by atoms with van der Waals surface area (Å²) in [7, 11) is 0. The van der Waals surface area contributed by atoms with Gasteiger partial charge >= 0.3 is 5.97 Å². The quantitative estimate of drug-likeness (QED) is 0.799. The summed E-state index contributed by atoms with van der Waals surface area (Å²) in [6, 6.07) is 15.9. The van der Waals surface area contributed by atoms with Crippen LogP contribution in [-0.4, -0.2) is 42.5 Å². The molecule has 1 fully saturated rings. The number of rotatable bonds is 6. The summed E-state index contributed by atoms with van der Waals surface area (Å²) in [5, 5.41) is 2.97. The first-order valence-electron chi connectivity index (χ1n) is 9.30. The largest absolute Gasteiger partial charge is 0.452 e. The van der Waals surface area contributed by atoms with Gasteiger partial charge in [-0.05, 0) is 38.0 Å². The number of carbonyl (C=O) groups excluding carboxylic acids is 2. The zero-order valence-electron chi connectivity index (χ0n) is 15.9. The van der Waals surface area contributed by atoms with Gasteiger partial charge in [0.1, 0.15) is 0 Å². The van der Waals surface area contributed by atoms with E-state index in [0.29, 0.717) is 5.56 Å². The summed E-state index contributed by atoms with van der Waals surface area (Å²) in [6.07, 6.45) is 0.906. The maximum Gasteiger partial charge on any atom is 0.338 e. The van der Waals surface area contributed by atoms with Gasteiger partial charge in [-0.3, -0.25) is 9.69 Å². The number of amides is 1. The number of nitrogens with zero attached hydrogens (tertiary/aromatic N) is 1. The topological polar surface area (TPSA) is 58.6 Å². The molecule has 0 radical (unpaired) electrons. The summed E-state index contributed by atoms with van der Waals surface area (Å²) in [5.41, 5.74) is 3.74. The van der Waals surface area contributed by atoms with E-state index in [1.165, 1.54) is 5.56 Å². The van der Waals surface area contributed by atoms with Crippen molar-refractivity contribution in [3.8, 4) is 0 Å². The molecule has 27 heavy (non-hydrogen) atoms. The number of carbonyl (C=O) groups is 2. The molecule has 5 nitrogen and oxygen atoms in total. The van der Waals surface area contributed by atoms with Crippen molar-refractivity contribution >= 4 is 11.9 Å². The lowest BCUT2D eigenvalue weighted by atomic mass is 10.1. The molecule has 1 saturated heterocycles. The lowest BCUT2D eigenvalue weighted by Gasteiger charge is -2.17. The first-order chi connectivity index (χ1) is 13.0. The van der Waals surface area contributed by atoms with E-state index >= 15 is 0 Å². The van der Waals surface area contributed by atoms with Crippen LogP contribution in [0, 0.1) is 13.8 Å². The van der Waals surface area contributed by atoms with Crippen LogP contribution in [0.4, 0.5) is 0 Å². The number of benzene rings is 2. The number of nitrogens with one attached hydrogen (secondary N) is 1. The molecule has 3 rings (SSSR count). The molecule has 0 aromatic heterocycles. The van der Waals surface area contributed by atoms with Crippen LogP contribution >= 0.6 is 0 Å². The van der Waals surface area contributed by atoms with E-state index in [0.717, 1.165) is 37.2 Å². The van der Waals surface area contributed by atoms with Gasteiger partial charge in [0.2, 0.25) is 0 Å². The number of esters is 1. The molecule has 0 spiro atoms. The minimum Gasteiger partial charge on any atom is -0.452 e. The van der Waals surface area contributed by atoms with Gasteiger partial charge in [0, 0.05) is 25.7 Å². The zero-order valence-corrected chi connectivity index (χ0v) is 15.9. The normalized spacial score (nSPS) is 16.9. The fourth-order valence-corrected chi connectivity index (χ4v) is 3.51. The highest BCUT2D eigenvalue weighted by Gasteiger charge is 2.24. The minimum absolute atomic E-state index is 0.0983. The molecule has 1 unspecified atom stereocenters. The van der Waals surface area contributed by atoms with Crippen molar-refractivity contribution in [2.75, 3.05) is 19.7 Å². The Morgan fingerprint density at radius 3 is 2.52 bits per heavy atom. The van der Waals surface area contributed by atoms with Crippen LogP contribution in [0.1, 0.15) is 33.5 Å². The first-order valence-corrected chi connectivity index (χ1v) is 9.30. The molecular weight excluding hydrogens is 340 g/mol. The SMILES string of the molecule is Cc1cc(C)cc(C(=O)OCC(=O)NC2CCN(Cc3ccccc3)C2)c1. The Kier molecular flexibility index (Phi) is 6.24. The van der Waals surface area contributed by atoms with Crippen LogP contribution in [0.5, 0.6) is 0 Å². The van der Waals surface area contributed by atoms with Gasteiger partial charge in [0.15, 0.2) is 6.61 Å². The van der Waals surface area contributed by atoms with E-state index in [4.69, 9.17) is 4.74 Å². The van der Waals surface area contributed by atoms with Crippen molar-refractivity contribution in [3.63, 3.8) is 0 Å². The third kappa shape index (κ3) is 5.66. The van der Waals surface area contributed by atoms with Crippen molar-refractivity contribution in [3.05, 3.63) is 70.8 Å². The third-order valence-corrected chi connectivity index (χ3v) is 4.68. The molecule has 142 valence electrons. The van der Waals surface area contributed by atoms with E-state index in [-0.39, 0.29) is 18.6 Å². The van der Waals surface area contributed by atoms with Gasteiger partial charge < -0.3 is 10.1 Å². The van der Waals surface area contributed by atoms with Crippen LogP contribution in [0.25, 0.3) is 0 Å². The summed E-state index contributed by atoms with van der Waals surface area (Å²) >= 11 is 0. The Bertz CT molecular complexity index is 784. The Morgan fingerprint density at radius 1 is 1.11 bits per heavy atom. The molecule has 1 aliphatic heterocycles. The van der Waals surface area contributed by atoms with E-state index < -0.39 is 5.97 Å². The zero-order chi connectivity index (χ0) is 19.2. The van der Waals surface area contributed by atoms with Crippen molar-refractivity contribution in [2.45, 2.75) is 32.9 Å². The molecule has 2 aromatic rings. The molecule has 1 heterocycles. The Labute approximate surface area is 160 Å². The predicted octanol–water partition coefficient (Wildman–Crippen LogP) is 2.85. The second-order valence-corrected chi connectivity index (χ2v) is 7.23. The van der Waals surface area contributed by atoms with E-state index in [2.05, 4.69) is 22.3 Å². The maximum absolute atomic E-state index is 12.1.